The van der Waals surface area contributed by atoms with Gasteiger partial charge in [-0.3, -0.25) is 0 Å². The number of hydrogen-bond donors (Lipinski definition) is 0. The number of allylic oxidation sites excluding steroid dienone is 5. The van der Waals surface area contributed by atoms with Crippen molar-refractivity contribution in [1.82, 2.24) is 0 Å². The molecule has 0 radical (unpaired) electrons. The lowest BCUT2D eigenvalue weighted by Crippen LogP contribution is -1.99. The standard InChI is InChI=1S/C11H16/c1-3-6-10(2)9-11-7-4-5-8-11/h3-5,7-8,10-11H,1,6,9H2,2H3. The fraction of sp³-hybridized carbons (Fsp3) is 0.455. The van der Waals surface area contributed by atoms with Crippen molar-refractivity contribution in [2.75, 3.05) is 0 Å². The molecule has 0 aliphatic heterocycles. The minimum atomic E-state index is 0.685. The molecule has 1 rings (SSSR count). The monoisotopic (exact) mass is 148 g/mol. The van der Waals surface area contributed by atoms with Gasteiger partial charge >= 0.3 is 0 Å². The fourth-order valence-corrected chi connectivity index (χ4v) is 1.48. The molecular formula is C11H16. The van der Waals surface area contributed by atoms with E-state index in [0.717, 1.165) is 12.3 Å². The second-order valence-electron chi connectivity index (χ2n) is 3.30. The highest BCUT2D eigenvalue weighted by Gasteiger charge is 2.07. The van der Waals surface area contributed by atoms with E-state index in [0.29, 0.717) is 5.92 Å². The van der Waals surface area contributed by atoms with Crippen molar-refractivity contribution in [2.45, 2.75) is 19.8 Å². The second kappa shape index (κ2) is 4.17. The van der Waals surface area contributed by atoms with E-state index in [1.165, 1.54) is 6.42 Å². The Labute approximate surface area is 69.3 Å². The predicted octanol–water partition coefficient (Wildman–Crippen LogP) is 3.33. The summed E-state index contributed by atoms with van der Waals surface area (Å²) in [7, 11) is 0. The van der Waals surface area contributed by atoms with Crippen LogP contribution in [-0.4, -0.2) is 0 Å². The topological polar surface area (TPSA) is 0 Å². The van der Waals surface area contributed by atoms with Crippen LogP contribution in [0.4, 0.5) is 0 Å². The van der Waals surface area contributed by atoms with E-state index in [1.807, 2.05) is 6.08 Å². The maximum atomic E-state index is 3.74. The van der Waals surface area contributed by atoms with Crippen molar-refractivity contribution >= 4 is 0 Å². The largest absolute Gasteiger partial charge is 0.103 e. The zero-order valence-electron chi connectivity index (χ0n) is 7.16. The molecule has 60 valence electrons. The van der Waals surface area contributed by atoms with Gasteiger partial charge < -0.3 is 0 Å². The van der Waals surface area contributed by atoms with Crippen LogP contribution in [0.5, 0.6) is 0 Å². The van der Waals surface area contributed by atoms with E-state index in [1.54, 1.807) is 0 Å². The highest BCUT2D eigenvalue weighted by atomic mass is 14.1. The van der Waals surface area contributed by atoms with Gasteiger partial charge in [-0.1, -0.05) is 37.3 Å². The Balaban J connectivity index is 2.24. The summed E-state index contributed by atoms with van der Waals surface area (Å²) in [4.78, 5) is 0. The third-order valence-electron chi connectivity index (χ3n) is 2.07. The van der Waals surface area contributed by atoms with Crippen LogP contribution in [0.15, 0.2) is 37.0 Å². The predicted molar refractivity (Wildman–Crippen MR) is 50.4 cm³/mol. The lowest BCUT2D eigenvalue weighted by molar-refractivity contribution is 0.499. The first-order chi connectivity index (χ1) is 5.33. The van der Waals surface area contributed by atoms with E-state index < -0.39 is 0 Å². The second-order valence-corrected chi connectivity index (χ2v) is 3.30. The summed E-state index contributed by atoms with van der Waals surface area (Å²) in [6, 6.07) is 0. The van der Waals surface area contributed by atoms with Crippen molar-refractivity contribution in [1.29, 1.82) is 0 Å². The maximum Gasteiger partial charge on any atom is -0.00446 e. The molecule has 0 heterocycles. The Hall–Kier alpha value is -0.780. The number of hydrogen-bond acceptors (Lipinski definition) is 0. The maximum absolute atomic E-state index is 3.74. The lowest BCUT2D eigenvalue weighted by atomic mass is 9.95. The first-order valence-electron chi connectivity index (χ1n) is 4.29. The molecule has 0 saturated carbocycles. The van der Waals surface area contributed by atoms with Gasteiger partial charge in [0.05, 0.1) is 0 Å². The van der Waals surface area contributed by atoms with Crippen LogP contribution in [0, 0.1) is 11.8 Å². The Bertz CT molecular complexity index is 162. The molecule has 0 saturated heterocycles. The van der Waals surface area contributed by atoms with Crippen molar-refractivity contribution in [2.24, 2.45) is 11.8 Å². The van der Waals surface area contributed by atoms with Gasteiger partial charge in [0.25, 0.3) is 0 Å². The summed E-state index contributed by atoms with van der Waals surface area (Å²) in [5, 5.41) is 0. The Morgan fingerprint density at radius 3 is 2.64 bits per heavy atom. The minimum Gasteiger partial charge on any atom is -0.103 e. The van der Waals surface area contributed by atoms with Gasteiger partial charge in [0.1, 0.15) is 0 Å². The molecule has 1 atom stereocenters. The minimum absolute atomic E-state index is 0.685. The molecule has 0 spiro atoms. The molecule has 0 nitrogen and oxygen atoms in total. The zero-order valence-corrected chi connectivity index (χ0v) is 7.16. The van der Waals surface area contributed by atoms with Gasteiger partial charge in [-0.2, -0.15) is 0 Å². The van der Waals surface area contributed by atoms with E-state index in [-0.39, 0.29) is 0 Å². The van der Waals surface area contributed by atoms with E-state index in [2.05, 4.69) is 37.8 Å². The highest BCUT2D eigenvalue weighted by molar-refractivity contribution is 5.17. The van der Waals surface area contributed by atoms with Gasteiger partial charge in [-0.15, -0.1) is 6.58 Å². The van der Waals surface area contributed by atoms with Crippen LogP contribution in [0.3, 0.4) is 0 Å². The van der Waals surface area contributed by atoms with Crippen LogP contribution < -0.4 is 0 Å². The van der Waals surface area contributed by atoms with Gasteiger partial charge in [-0.05, 0) is 24.7 Å². The highest BCUT2D eigenvalue weighted by Crippen LogP contribution is 2.20. The van der Waals surface area contributed by atoms with Gasteiger partial charge in [-0.25, -0.2) is 0 Å². The Morgan fingerprint density at radius 2 is 2.09 bits per heavy atom. The molecule has 0 N–H and O–H groups in total. The summed E-state index contributed by atoms with van der Waals surface area (Å²) in [5.41, 5.74) is 0. The Kier molecular flexibility index (Phi) is 3.15. The van der Waals surface area contributed by atoms with Crippen LogP contribution in [-0.2, 0) is 0 Å². The molecule has 1 aliphatic rings. The SMILES string of the molecule is C=CCC(C)CC1C=CC=C1. The van der Waals surface area contributed by atoms with Gasteiger partial charge in [0.15, 0.2) is 0 Å². The molecule has 0 aromatic carbocycles. The first kappa shape index (κ1) is 8.32. The molecule has 0 aromatic heterocycles. The summed E-state index contributed by atoms with van der Waals surface area (Å²) in [5.74, 6) is 1.45. The average molecular weight is 148 g/mol. The fourth-order valence-electron chi connectivity index (χ4n) is 1.48. The van der Waals surface area contributed by atoms with Crippen molar-refractivity contribution in [3.8, 4) is 0 Å². The molecule has 0 bridgehead atoms. The molecule has 0 fully saturated rings. The van der Waals surface area contributed by atoms with Crippen molar-refractivity contribution in [3.05, 3.63) is 37.0 Å². The average Bonchev–Trinajstić information content (AvgIpc) is 2.40. The lowest BCUT2D eigenvalue weighted by Gasteiger charge is -2.11. The third-order valence-corrected chi connectivity index (χ3v) is 2.07. The number of rotatable bonds is 4. The van der Waals surface area contributed by atoms with Crippen molar-refractivity contribution in [3.63, 3.8) is 0 Å². The molecular weight excluding hydrogens is 132 g/mol. The van der Waals surface area contributed by atoms with Gasteiger partial charge in [0.2, 0.25) is 0 Å². The molecule has 0 aromatic rings. The van der Waals surface area contributed by atoms with E-state index in [9.17, 15) is 0 Å². The van der Waals surface area contributed by atoms with E-state index >= 15 is 0 Å². The van der Waals surface area contributed by atoms with Crippen LogP contribution in [0.1, 0.15) is 19.8 Å². The quantitative estimate of drug-likeness (QED) is 0.536. The molecule has 11 heavy (non-hydrogen) atoms. The van der Waals surface area contributed by atoms with Gasteiger partial charge in [0, 0.05) is 0 Å². The molecule has 0 heteroatoms. The van der Waals surface area contributed by atoms with E-state index in [4.69, 9.17) is 0 Å². The summed E-state index contributed by atoms with van der Waals surface area (Å²) >= 11 is 0. The van der Waals surface area contributed by atoms with Crippen LogP contribution in [0.2, 0.25) is 0 Å². The van der Waals surface area contributed by atoms with Crippen molar-refractivity contribution < 1.29 is 0 Å². The first-order valence-corrected chi connectivity index (χ1v) is 4.29. The molecule has 1 unspecified atom stereocenters. The summed E-state index contributed by atoms with van der Waals surface area (Å²) in [6.45, 7) is 6.02. The smallest absolute Gasteiger partial charge is 0.00446 e. The summed E-state index contributed by atoms with van der Waals surface area (Å²) < 4.78 is 0. The normalized spacial score (nSPS) is 19.0. The molecule has 0 amide bonds. The molecule has 1 aliphatic carbocycles. The summed E-state index contributed by atoms with van der Waals surface area (Å²) in [6.07, 6.45) is 13.2. The Morgan fingerprint density at radius 1 is 1.45 bits per heavy atom. The third kappa shape index (κ3) is 2.75. The van der Waals surface area contributed by atoms with Crippen LogP contribution >= 0.6 is 0 Å². The zero-order chi connectivity index (χ0) is 8.10. The van der Waals surface area contributed by atoms with Crippen LogP contribution in [0.25, 0.3) is 0 Å².